The molecular weight excluding hydrogens is 290 g/mol. The molecule has 0 unspecified atom stereocenters. The second-order valence-electron chi connectivity index (χ2n) is 6.62. The van der Waals surface area contributed by atoms with Gasteiger partial charge in [0.15, 0.2) is 0 Å². The van der Waals surface area contributed by atoms with Crippen LogP contribution in [0.1, 0.15) is 53.9 Å². The van der Waals surface area contributed by atoms with Crippen LogP contribution in [0.5, 0.6) is 0 Å². The van der Waals surface area contributed by atoms with Crippen molar-refractivity contribution in [1.82, 2.24) is 14.9 Å². The summed E-state index contributed by atoms with van der Waals surface area (Å²) in [5.41, 5.74) is 1.58. The smallest absolute Gasteiger partial charge is 0.268 e. The molecule has 1 amide bonds. The highest BCUT2D eigenvalue weighted by molar-refractivity contribution is 5.93. The topological polar surface area (TPSA) is 67.2 Å². The van der Waals surface area contributed by atoms with Crippen LogP contribution in [-0.2, 0) is 0 Å². The number of nitrogens with one attached hydrogen (secondary N) is 1. The van der Waals surface area contributed by atoms with Gasteiger partial charge in [-0.25, -0.2) is 0 Å². The summed E-state index contributed by atoms with van der Waals surface area (Å²) in [5.74, 6) is 0.187. The predicted molar refractivity (Wildman–Crippen MR) is 85.9 cm³/mol. The SMILES string of the molecule is O=C(N[C@@H](c1ccccn1)C1CC(O)C1)c1cccn1C1CC1. The minimum absolute atomic E-state index is 0.0565. The molecule has 120 valence electrons. The fourth-order valence-electron chi connectivity index (χ4n) is 3.37. The fraction of sp³-hybridized carbons (Fsp3) is 0.444. The largest absolute Gasteiger partial charge is 0.393 e. The highest BCUT2D eigenvalue weighted by atomic mass is 16.3. The summed E-state index contributed by atoms with van der Waals surface area (Å²) in [7, 11) is 0. The number of rotatable bonds is 5. The molecule has 0 bridgehead atoms. The van der Waals surface area contributed by atoms with Crippen molar-refractivity contribution < 1.29 is 9.90 Å². The lowest BCUT2D eigenvalue weighted by Crippen LogP contribution is -2.42. The molecular formula is C18H21N3O2. The zero-order valence-corrected chi connectivity index (χ0v) is 12.9. The van der Waals surface area contributed by atoms with Gasteiger partial charge in [-0.3, -0.25) is 9.78 Å². The van der Waals surface area contributed by atoms with Crippen LogP contribution in [0.2, 0.25) is 0 Å². The first kappa shape index (κ1) is 14.5. The molecule has 5 heteroatoms. The Morgan fingerprint density at radius 3 is 2.74 bits per heavy atom. The van der Waals surface area contributed by atoms with Crippen molar-refractivity contribution in [2.45, 2.75) is 43.9 Å². The maximum absolute atomic E-state index is 12.7. The molecule has 0 spiro atoms. The first-order valence-corrected chi connectivity index (χ1v) is 8.29. The molecule has 2 N–H and O–H groups in total. The number of hydrogen-bond acceptors (Lipinski definition) is 3. The zero-order chi connectivity index (χ0) is 15.8. The van der Waals surface area contributed by atoms with Gasteiger partial charge >= 0.3 is 0 Å². The molecule has 0 aromatic carbocycles. The summed E-state index contributed by atoms with van der Waals surface area (Å²) in [6, 6.07) is 9.88. The van der Waals surface area contributed by atoms with Gasteiger partial charge in [-0.05, 0) is 55.9 Å². The summed E-state index contributed by atoms with van der Waals surface area (Å²) in [4.78, 5) is 17.2. The number of hydrogen-bond donors (Lipinski definition) is 2. The van der Waals surface area contributed by atoms with Gasteiger partial charge in [0, 0.05) is 18.4 Å². The molecule has 0 aliphatic heterocycles. The lowest BCUT2D eigenvalue weighted by molar-refractivity contribution is 0.0227. The van der Waals surface area contributed by atoms with Crippen LogP contribution in [0, 0.1) is 5.92 Å². The first-order chi connectivity index (χ1) is 11.2. The summed E-state index contributed by atoms with van der Waals surface area (Å²) in [6.45, 7) is 0. The van der Waals surface area contributed by atoms with Crippen molar-refractivity contribution in [1.29, 1.82) is 0 Å². The van der Waals surface area contributed by atoms with Crippen LogP contribution < -0.4 is 5.32 Å². The van der Waals surface area contributed by atoms with E-state index in [9.17, 15) is 9.90 Å². The van der Waals surface area contributed by atoms with Crippen molar-refractivity contribution >= 4 is 5.91 Å². The monoisotopic (exact) mass is 311 g/mol. The van der Waals surface area contributed by atoms with Gasteiger partial charge in [0.05, 0.1) is 17.8 Å². The molecule has 1 atom stereocenters. The second kappa shape index (κ2) is 5.81. The molecule has 0 saturated heterocycles. The van der Waals surface area contributed by atoms with Crippen molar-refractivity contribution in [3.05, 3.63) is 54.1 Å². The minimum Gasteiger partial charge on any atom is -0.393 e. The standard InChI is InChI=1S/C18H21N3O2/c22-14-10-12(11-14)17(15-4-1-2-8-19-15)20-18(23)16-5-3-9-21(16)13-6-7-13/h1-5,8-9,12-14,17,22H,6-7,10-11H2,(H,20,23)/t12?,14?,17-/m1/s1. The first-order valence-electron chi connectivity index (χ1n) is 8.29. The van der Waals surface area contributed by atoms with Crippen molar-refractivity contribution in [3.8, 4) is 0 Å². The molecule has 2 aromatic rings. The minimum atomic E-state index is -0.251. The lowest BCUT2D eigenvalue weighted by atomic mass is 9.76. The van der Waals surface area contributed by atoms with E-state index in [0.717, 1.165) is 18.5 Å². The number of amides is 1. The summed E-state index contributed by atoms with van der Waals surface area (Å²) in [6.07, 6.45) is 7.20. The Hall–Kier alpha value is -2.14. The molecule has 2 fully saturated rings. The number of nitrogens with zero attached hydrogens (tertiary/aromatic N) is 2. The number of carbonyl (C=O) groups is 1. The van der Waals surface area contributed by atoms with Crippen LogP contribution >= 0.6 is 0 Å². The Morgan fingerprint density at radius 2 is 2.09 bits per heavy atom. The van der Waals surface area contributed by atoms with Gasteiger partial charge in [-0.1, -0.05) is 6.07 Å². The molecule has 4 rings (SSSR count). The third kappa shape index (κ3) is 2.88. The Morgan fingerprint density at radius 1 is 1.26 bits per heavy atom. The highest BCUT2D eigenvalue weighted by Crippen LogP contribution is 2.38. The predicted octanol–water partition coefficient (Wildman–Crippen LogP) is 2.46. The maximum Gasteiger partial charge on any atom is 0.268 e. The average Bonchev–Trinajstić information content (AvgIpc) is 3.27. The van der Waals surface area contributed by atoms with Gasteiger partial charge in [-0.15, -0.1) is 0 Å². The van der Waals surface area contributed by atoms with Crippen molar-refractivity contribution in [3.63, 3.8) is 0 Å². The molecule has 2 saturated carbocycles. The van der Waals surface area contributed by atoms with E-state index in [4.69, 9.17) is 0 Å². The Bertz CT molecular complexity index is 687. The van der Waals surface area contributed by atoms with E-state index in [-0.39, 0.29) is 24.0 Å². The third-order valence-electron chi connectivity index (χ3n) is 4.87. The quantitative estimate of drug-likeness (QED) is 0.891. The number of aliphatic hydroxyl groups excluding tert-OH is 1. The molecule has 23 heavy (non-hydrogen) atoms. The van der Waals surface area contributed by atoms with E-state index in [0.29, 0.717) is 24.6 Å². The molecule has 0 radical (unpaired) electrons. The summed E-state index contributed by atoms with van der Waals surface area (Å²) >= 11 is 0. The van der Waals surface area contributed by atoms with Crippen LogP contribution in [-0.4, -0.2) is 26.7 Å². The van der Waals surface area contributed by atoms with Crippen LogP contribution in [0.4, 0.5) is 0 Å². The zero-order valence-electron chi connectivity index (χ0n) is 12.9. The average molecular weight is 311 g/mol. The Balaban J connectivity index is 1.55. The lowest BCUT2D eigenvalue weighted by Gasteiger charge is -2.37. The van der Waals surface area contributed by atoms with Gasteiger partial charge < -0.3 is 15.0 Å². The van der Waals surface area contributed by atoms with E-state index in [2.05, 4.69) is 14.9 Å². The normalized spacial score (nSPS) is 24.7. The Labute approximate surface area is 135 Å². The van der Waals surface area contributed by atoms with Crippen LogP contribution in [0.15, 0.2) is 42.7 Å². The summed E-state index contributed by atoms with van der Waals surface area (Å²) < 4.78 is 2.07. The number of aromatic nitrogens is 2. The third-order valence-corrected chi connectivity index (χ3v) is 4.87. The van der Waals surface area contributed by atoms with Gasteiger partial charge in [0.1, 0.15) is 5.69 Å². The molecule has 2 aliphatic carbocycles. The molecule has 2 aromatic heterocycles. The highest BCUT2D eigenvalue weighted by Gasteiger charge is 2.37. The van der Waals surface area contributed by atoms with E-state index in [1.807, 2.05) is 36.5 Å². The summed E-state index contributed by atoms with van der Waals surface area (Å²) in [5, 5.41) is 12.8. The maximum atomic E-state index is 12.7. The number of aliphatic hydroxyl groups is 1. The van der Waals surface area contributed by atoms with Gasteiger partial charge in [0.25, 0.3) is 5.91 Å². The second-order valence-corrected chi connectivity index (χ2v) is 6.62. The van der Waals surface area contributed by atoms with E-state index in [1.54, 1.807) is 6.20 Å². The fourth-order valence-corrected chi connectivity index (χ4v) is 3.37. The molecule has 5 nitrogen and oxygen atoms in total. The van der Waals surface area contributed by atoms with E-state index >= 15 is 0 Å². The Kier molecular flexibility index (Phi) is 3.65. The van der Waals surface area contributed by atoms with E-state index in [1.165, 1.54) is 0 Å². The molecule has 2 heterocycles. The van der Waals surface area contributed by atoms with Crippen molar-refractivity contribution in [2.75, 3.05) is 0 Å². The number of carbonyl (C=O) groups excluding carboxylic acids is 1. The molecule has 2 aliphatic rings. The van der Waals surface area contributed by atoms with E-state index < -0.39 is 0 Å². The van der Waals surface area contributed by atoms with Gasteiger partial charge in [0.2, 0.25) is 0 Å². The van der Waals surface area contributed by atoms with Crippen LogP contribution in [0.25, 0.3) is 0 Å². The van der Waals surface area contributed by atoms with Crippen molar-refractivity contribution in [2.24, 2.45) is 5.92 Å². The number of pyridine rings is 1. The van der Waals surface area contributed by atoms with Crippen LogP contribution in [0.3, 0.4) is 0 Å². The van der Waals surface area contributed by atoms with Gasteiger partial charge in [-0.2, -0.15) is 0 Å².